The third kappa shape index (κ3) is 16.7. The number of allylic oxidation sites excluding steroid dienone is 4. The molecule has 3 heteroatoms. The highest BCUT2D eigenvalue weighted by molar-refractivity contribution is 4.96. The molecule has 41 heavy (non-hydrogen) atoms. The standard InChI is InChI=1S/C38H71NO2/c1-5-7-9-11-13-15-17-18-19-20-21-22-24-26-28-30-32-38(31-29-27-25-23-16-14-12-10-8-6-2)40-36-33-35(39(3)4)34-37(36)41-38/h13,15,18-19,35-37H,5-12,14,16-17,20-34H2,1-4H3/b15-13-,19-18-/t35?,36-,37+,38?. The fourth-order valence-corrected chi connectivity index (χ4v) is 6.81. The van der Waals surface area contributed by atoms with Crippen molar-refractivity contribution in [2.45, 2.75) is 205 Å². The van der Waals surface area contributed by atoms with Gasteiger partial charge in [-0.3, -0.25) is 0 Å². The largest absolute Gasteiger partial charge is 0.344 e. The van der Waals surface area contributed by atoms with Gasteiger partial charge in [-0.25, -0.2) is 0 Å². The number of unbranched alkanes of at least 4 members (excludes halogenated alkanes) is 18. The van der Waals surface area contributed by atoms with Gasteiger partial charge in [0.15, 0.2) is 5.79 Å². The number of nitrogens with zero attached hydrogens (tertiary/aromatic N) is 1. The van der Waals surface area contributed by atoms with Crippen molar-refractivity contribution in [1.82, 2.24) is 4.90 Å². The van der Waals surface area contributed by atoms with E-state index in [-0.39, 0.29) is 5.79 Å². The molecule has 1 saturated heterocycles. The van der Waals surface area contributed by atoms with Gasteiger partial charge in [0.25, 0.3) is 0 Å². The van der Waals surface area contributed by atoms with Gasteiger partial charge < -0.3 is 14.4 Å². The summed E-state index contributed by atoms with van der Waals surface area (Å²) < 4.78 is 13.6. The predicted molar refractivity (Wildman–Crippen MR) is 180 cm³/mol. The van der Waals surface area contributed by atoms with Crippen molar-refractivity contribution < 1.29 is 9.47 Å². The van der Waals surface area contributed by atoms with Crippen LogP contribution in [0.3, 0.4) is 0 Å². The molecule has 0 amide bonds. The van der Waals surface area contributed by atoms with Crippen molar-refractivity contribution in [3.63, 3.8) is 0 Å². The van der Waals surface area contributed by atoms with Crippen LogP contribution in [0.25, 0.3) is 0 Å². The first kappa shape index (κ1) is 36.6. The minimum Gasteiger partial charge on any atom is -0.344 e. The summed E-state index contributed by atoms with van der Waals surface area (Å²) in [7, 11) is 4.40. The van der Waals surface area contributed by atoms with Crippen molar-refractivity contribution in [3.8, 4) is 0 Å². The molecule has 2 unspecified atom stereocenters. The molecule has 0 aromatic rings. The van der Waals surface area contributed by atoms with E-state index in [0.717, 1.165) is 32.1 Å². The highest BCUT2D eigenvalue weighted by Crippen LogP contribution is 2.44. The Bertz CT molecular complexity index is 643. The third-order valence-electron chi connectivity index (χ3n) is 9.56. The van der Waals surface area contributed by atoms with Crippen molar-refractivity contribution in [1.29, 1.82) is 0 Å². The van der Waals surface area contributed by atoms with Gasteiger partial charge in [0.05, 0.1) is 12.2 Å². The summed E-state index contributed by atoms with van der Waals surface area (Å²) in [6.45, 7) is 4.57. The van der Waals surface area contributed by atoms with E-state index in [1.165, 1.54) is 135 Å². The Labute approximate surface area is 257 Å². The van der Waals surface area contributed by atoms with E-state index in [0.29, 0.717) is 18.2 Å². The minimum absolute atomic E-state index is 0.290. The Kier molecular flexibility index (Phi) is 21.2. The number of rotatable bonds is 27. The topological polar surface area (TPSA) is 21.7 Å². The summed E-state index contributed by atoms with van der Waals surface area (Å²) in [5, 5.41) is 0. The molecule has 2 aliphatic rings. The van der Waals surface area contributed by atoms with Crippen LogP contribution in [0.15, 0.2) is 24.3 Å². The molecule has 0 radical (unpaired) electrons. The summed E-state index contributed by atoms with van der Waals surface area (Å²) in [4.78, 5) is 2.36. The molecule has 4 atom stereocenters. The van der Waals surface area contributed by atoms with E-state index in [1.807, 2.05) is 0 Å². The lowest BCUT2D eigenvalue weighted by Gasteiger charge is -2.31. The SMILES string of the molecule is CCCCC/C=C\C/C=C\CCCCCCCCC1(CCCCCCCCCCCC)O[C@H]2CC(N(C)C)C[C@H]2O1. The van der Waals surface area contributed by atoms with Crippen LogP contribution in [0.2, 0.25) is 0 Å². The fraction of sp³-hybridized carbons (Fsp3) is 0.895. The highest BCUT2D eigenvalue weighted by Gasteiger charge is 2.51. The van der Waals surface area contributed by atoms with Crippen LogP contribution in [0.1, 0.15) is 181 Å². The van der Waals surface area contributed by atoms with E-state index >= 15 is 0 Å². The van der Waals surface area contributed by atoms with Crippen molar-refractivity contribution >= 4 is 0 Å². The van der Waals surface area contributed by atoms with E-state index in [1.54, 1.807) is 0 Å². The van der Waals surface area contributed by atoms with Crippen LogP contribution in [0.5, 0.6) is 0 Å². The van der Waals surface area contributed by atoms with Gasteiger partial charge in [-0.15, -0.1) is 0 Å². The highest BCUT2D eigenvalue weighted by atomic mass is 16.8. The predicted octanol–water partition coefficient (Wildman–Crippen LogP) is 11.7. The zero-order valence-corrected chi connectivity index (χ0v) is 28.2. The van der Waals surface area contributed by atoms with Gasteiger partial charge in [0, 0.05) is 18.9 Å². The zero-order chi connectivity index (χ0) is 29.4. The Morgan fingerprint density at radius 1 is 0.537 bits per heavy atom. The molecule has 1 heterocycles. The van der Waals surface area contributed by atoms with Crippen LogP contribution >= 0.6 is 0 Å². The Hall–Kier alpha value is -0.640. The molecule has 3 nitrogen and oxygen atoms in total. The van der Waals surface area contributed by atoms with E-state index < -0.39 is 0 Å². The molecule has 0 N–H and O–H groups in total. The van der Waals surface area contributed by atoms with Crippen LogP contribution in [-0.4, -0.2) is 43.0 Å². The lowest BCUT2D eigenvalue weighted by molar-refractivity contribution is -0.193. The normalized spacial score (nSPS) is 24.5. The molecule has 0 spiro atoms. The second kappa shape index (κ2) is 23.8. The first-order valence-electron chi connectivity index (χ1n) is 18.4. The number of hydrogen-bond acceptors (Lipinski definition) is 3. The van der Waals surface area contributed by atoms with Crippen LogP contribution < -0.4 is 0 Å². The number of fused-ring (bicyclic) bond motifs is 1. The van der Waals surface area contributed by atoms with Crippen LogP contribution in [0.4, 0.5) is 0 Å². The van der Waals surface area contributed by atoms with Crippen molar-refractivity contribution in [3.05, 3.63) is 24.3 Å². The number of ether oxygens (including phenoxy) is 2. The monoisotopic (exact) mass is 574 g/mol. The molecule has 2 fully saturated rings. The van der Waals surface area contributed by atoms with Gasteiger partial charge in [-0.2, -0.15) is 0 Å². The summed E-state index contributed by atoms with van der Waals surface area (Å²) in [6.07, 6.45) is 44.0. The quantitative estimate of drug-likeness (QED) is 0.0720. The first-order valence-corrected chi connectivity index (χ1v) is 18.4. The second-order valence-electron chi connectivity index (χ2n) is 13.6. The molecular formula is C38H71NO2. The van der Waals surface area contributed by atoms with E-state index in [4.69, 9.17) is 9.47 Å². The van der Waals surface area contributed by atoms with Gasteiger partial charge in [0.2, 0.25) is 0 Å². The first-order chi connectivity index (χ1) is 20.1. The summed E-state index contributed by atoms with van der Waals surface area (Å²) in [5.74, 6) is -0.290. The molecule has 2 rings (SSSR count). The maximum atomic E-state index is 6.80. The molecule has 1 aliphatic heterocycles. The maximum Gasteiger partial charge on any atom is 0.169 e. The lowest BCUT2D eigenvalue weighted by atomic mass is 9.98. The van der Waals surface area contributed by atoms with E-state index in [2.05, 4.69) is 57.1 Å². The lowest BCUT2D eigenvalue weighted by Crippen LogP contribution is -2.34. The fourth-order valence-electron chi connectivity index (χ4n) is 6.81. The molecule has 1 saturated carbocycles. The Morgan fingerprint density at radius 3 is 1.39 bits per heavy atom. The molecule has 240 valence electrons. The third-order valence-corrected chi connectivity index (χ3v) is 9.56. The average molecular weight is 574 g/mol. The summed E-state index contributed by atoms with van der Waals surface area (Å²) >= 11 is 0. The second-order valence-corrected chi connectivity index (χ2v) is 13.6. The summed E-state index contributed by atoms with van der Waals surface area (Å²) in [5.41, 5.74) is 0. The zero-order valence-electron chi connectivity index (χ0n) is 28.2. The minimum atomic E-state index is -0.290. The van der Waals surface area contributed by atoms with Crippen LogP contribution in [-0.2, 0) is 9.47 Å². The van der Waals surface area contributed by atoms with E-state index in [9.17, 15) is 0 Å². The molecule has 0 aromatic carbocycles. The Balaban J connectivity index is 1.57. The number of hydrogen-bond donors (Lipinski definition) is 0. The van der Waals surface area contributed by atoms with Gasteiger partial charge >= 0.3 is 0 Å². The molecule has 0 aromatic heterocycles. The van der Waals surface area contributed by atoms with Gasteiger partial charge in [-0.05, 0) is 71.9 Å². The van der Waals surface area contributed by atoms with Crippen LogP contribution in [0, 0.1) is 0 Å². The molecule has 0 bridgehead atoms. The van der Waals surface area contributed by atoms with Crippen molar-refractivity contribution in [2.24, 2.45) is 0 Å². The summed E-state index contributed by atoms with van der Waals surface area (Å²) in [6, 6.07) is 0.613. The maximum absolute atomic E-state index is 6.80. The molecule has 1 aliphatic carbocycles. The van der Waals surface area contributed by atoms with Gasteiger partial charge in [-0.1, -0.05) is 134 Å². The molecular weight excluding hydrogens is 502 g/mol. The van der Waals surface area contributed by atoms with Crippen molar-refractivity contribution in [2.75, 3.05) is 14.1 Å². The Morgan fingerprint density at radius 2 is 0.927 bits per heavy atom. The average Bonchev–Trinajstić information content (AvgIpc) is 3.51. The van der Waals surface area contributed by atoms with Gasteiger partial charge in [0.1, 0.15) is 0 Å². The smallest absolute Gasteiger partial charge is 0.169 e.